The van der Waals surface area contributed by atoms with E-state index in [9.17, 15) is 4.79 Å². The van der Waals surface area contributed by atoms with Crippen LogP contribution in [0.3, 0.4) is 0 Å². The molecule has 1 aliphatic heterocycles. The maximum atomic E-state index is 12.1. The highest BCUT2D eigenvalue weighted by Gasteiger charge is 2.25. The number of amides is 1. The van der Waals surface area contributed by atoms with Gasteiger partial charge in [-0.1, -0.05) is 26.8 Å². The van der Waals surface area contributed by atoms with Gasteiger partial charge in [-0.05, 0) is 25.0 Å². The molecular formula is C14H20N2O. The Kier molecular flexibility index (Phi) is 3.18. The molecule has 1 aliphatic rings. The summed E-state index contributed by atoms with van der Waals surface area (Å²) in [6, 6.07) is 5.76. The van der Waals surface area contributed by atoms with Crippen molar-refractivity contribution < 1.29 is 4.79 Å². The molecule has 0 saturated carbocycles. The average Bonchev–Trinajstić information content (AvgIpc) is 2.27. The van der Waals surface area contributed by atoms with Gasteiger partial charge >= 0.3 is 0 Å². The van der Waals surface area contributed by atoms with Gasteiger partial charge in [-0.3, -0.25) is 4.79 Å². The molecule has 0 aliphatic carbocycles. The van der Waals surface area contributed by atoms with Gasteiger partial charge in [-0.25, -0.2) is 4.98 Å². The molecule has 2 heterocycles. The van der Waals surface area contributed by atoms with Crippen LogP contribution in [0.1, 0.15) is 49.8 Å². The second-order valence-electron chi connectivity index (χ2n) is 5.29. The smallest absolute Gasteiger partial charge is 0.272 e. The first-order valence-corrected chi connectivity index (χ1v) is 6.31. The molecule has 0 bridgehead atoms. The summed E-state index contributed by atoms with van der Waals surface area (Å²) in [6.07, 6.45) is 2.13. The van der Waals surface area contributed by atoms with Crippen molar-refractivity contribution in [2.24, 2.45) is 0 Å². The summed E-state index contributed by atoms with van der Waals surface area (Å²) in [5.74, 6) is 0.0741. The molecule has 0 N–H and O–H groups in total. The van der Waals surface area contributed by atoms with E-state index in [1.165, 1.54) is 0 Å². The van der Waals surface area contributed by atoms with Crippen molar-refractivity contribution in [1.82, 2.24) is 9.88 Å². The number of aromatic nitrogens is 1. The van der Waals surface area contributed by atoms with E-state index < -0.39 is 0 Å². The second-order valence-corrected chi connectivity index (χ2v) is 5.29. The van der Waals surface area contributed by atoms with Gasteiger partial charge < -0.3 is 4.90 Å². The number of hydrogen-bond acceptors (Lipinski definition) is 2. The summed E-state index contributed by atoms with van der Waals surface area (Å²) >= 11 is 0. The van der Waals surface area contributed by atoms with Crippen LogP contribution < -0.4 is 0 Å². The summed E-state index contributed by atoms with van der Waals surface area (Å²) in [6.45, 7) is 8.22. The summed E-state index contributed by atoms with van der Waals surface area (Å²) < 4.78 is 0. The lowest BCUT2D eigenvalue weighted by Crippen LogP contribution is -2.42. The average molecular weight is 232 g/mol. The third-order valence-electron chi connectivity index (χ3n) is 3.69. The Morgan fingerprint density at radius 3 is 2.65 bits per heavy atom. The highest BCUT2D eigenvalue weighted by molar-refractivity contribution is 5.92. The van der Waals surface area contributed by atoms with Crippen molar-refractivity contribution >= 4 is 5.91 Å². The molecule has 17 heavy (non-hydrogen) atoms. The first-order valence-electron chi connectivity index (χ1n) is 6.31. The highest BCUT2D eigenvalue weighted by atomic mass is 16.2. The maximum absolute atomic E-state index is 12.1. The summed E-state index contributed by atoms with van der Waals surface area (Å²) in [5.41, 5.74) is 1.63. The van der Waals surface area contributed by atoms with Crippen LogP contribution in [0.25, 0.3) is 0 Å². The molecule has 1 saturated heterocycles. The second kappa shape index (κ2) is 4.47. The van der Waals surface area contributed by atoms with Crippen LogP contribution in [-0.4, -0.2) is 28.9 Å². The fourth-order valence-electron chi connectivity index (χ4n) is 1.79. The monoisotopic (exact) mass is 232 g/mol. The van der Waals surface area contributed by atoms with E-state index >= 15 is 0 Å². The van der Waals surface area contributed by atoms with Crippen LogP contribution in [0.5, 0.6) is 0 Å². The van der Waals surface area contributed by atoms with Crippen LogP contribution in [0.15, 0.2) is 18.2 Å². The standard InChI is InChI=1S/C14H20N2O/c1-4-14(2,3)12-8-5-7-11(15-12)13(17)16-9-6-10-16/h5,7-8H,4,6,9-10H2,1-3H3. The Labute approximate surface area is 103 Å². The number of likely N-dealkylation sites (tertiary alicyclic amines) is 1. The van der Waals surface area contributed by atoms with Crippen LogP contribution in [0.2, 0.25) is 0 Å². The molecule has 0 radical (unpaired) electrons. The molecule has 0 aromatic carbocycles. The predicted octanol–water partition coefficient (Wildman–Crippen LogP) is 2.62. The molecule has 1 aromatic rings. The Balaban J connectivity index is 2.24. The number of pyridine rings is 1. The zero-order valence-electron chi connectivity index (χ0n) is 10.9. The van der Waals surface area contributed by atoms with E-state index in [4.69, 9.17) is 0 Å². The van der Waals surface area contributed by atoms with Gasteiger partial charge in [0.05, 0.1) is 0 Å². The van der Waals surface area contributed by atoms with Gasteiger partial charge in [0.25, 0.3) is 5.91 Å². The molecule has 92 valence electrons. The van der Waals surface area contributed by atoms with Crippen LogP contribution in [0.4, 0.5) is 0 Å². The Bertz CT molecular complexity index is 422. The van der Waals surface area contributed by atoms with E-state index in [1.807, 2.05) is 23.1 Å². The Hall–Kier alpha value is -1.38. The molecule has 0 spiro atoms. The van der Waals surface area contributed by atoms with Crippen molar-refractivity contribution in [2.45, 2.75) is 39.0 Å². The fraction of sp³-hybridized carbons (Fsp3) is 0.571. The summed E-state index contributed by atoms with van der Waals surface area (Å²) in [4.78, 5) is 18.4. The van der Waals surface area contributed by atoms with Gasteiger partial charge in [0, 0.05) is 24.2 Å². The zero-order chi connectivity index (χ0) is 12.5. The molecule has 1 amide bonds. The van der Waals surface area contributed by atoms with Gasteiger partial charge in [-0.15, -0.1) is 0 Å². The van der Waals surface area contributed by atoms with Crippen molar-refractivity contribution in [3.8, 4) is 0 Å². The van der Waals surface area contributed by atoms with Gasteiger partial charge in [0.1, 0.15) is 5.69 Å². The minimum atomic E-state index is 0.0330. The van der Waals surface area contributed by atoms with Crippen molar-refractivity contribution in [3.05, 3.63) is 29.6 Å². The van der Waals surface area contributed by atoms with Gasteiger partial charge in [-0.2, -0.15) is 0 Å². The molecule has 0 unspecified atom stereocenters. The third-order valence-corrected chi connectivity index (χ3v) is 3.69. The topological polar surface area (TPSA) is 33.2 Å². The van der Waals surface area contributed by atoms with E-state index in [2.05, 4.69) is 25.8 Å². The van der Waals surface area contributed by atoms with Crippen molar-refractivity contribution in [3.63, 3.8) is 0 Å². The van der Waals surface area contributed by atoms with Crippen LogP contribution in [-0.2, 0) is 5.41 Å². The van der Waals surface area contributed by atoms with Crippen LogP contribution >= 0.6 is 0 Å². The molecule has 0 atom stereocenters. The Morgan fingerprint density at radius 1 is 1.41 bits per heavy atom. The molecule has 1 fully saturated rings. The minimum Gasteiger partial charge on any atom is -0.337 e. The number of nitrogens with zero attached hydrogens (tertiary/aromatic N) is 2. The highest BCUT2D eigenvalue weighted by Crippen LogP contribution is 2.25. The summed E-state index contributed by atoms with van der Waals surface area (Å²) in [5, 5.41) is 0. The SMILES string of the molecule is CCC(C)(C)c1cccc(C(=O)N2CCC2)n1. The van der Waals surface area contributed by atoms with Crippen molar-refractivity contribution in [1.29, 1.82) is 0 Å². The third kappa shape index (κ3) is 2.33. The Morgan fingerprint density at radius 2 is 2.12 bits per heavy atom. The van der Waals surface area contributed by atoms with Crippen LogP contribution in [0, 0.1) is 0 Å². The minimum absolute atomic E-state index is 0.0330. The zero-order valence-corrected chi connectivity index (χ0v) is 10.9. The lowest BCUT2D eigenvalue weighted by molar-refractivity contribution is 0.0645. The van der Waals surface area contributed by atoms with E-state index in [0.29, 0.717) is 5.69 Å². The lowest BCUT2D eigenvalue weighted by Gasteiger charge is -2.31. The number of carbonyl (C=O) groups excluding carboxylic acids is 1. The maximum Gasteiger partial charge on any atom is 0.272 e. The fourth-order valence-corrected chi connectivity index (χ4v) is 1.79. The summed E-state index contributed by atoms with van der Waals surface area (Å²) in [7, 11) is 0. The lowest BCUT2D eigenvalue weighted by atomic mass is 9.86. The molecular weight excluding hydrogens is 212 g/mol. The molecule has 2 rings (SSSR count). The molecule has 3 heteroatoms. The molecule has 1 aromatic heterocycles. The number of carbonyl (C=O) groups is 1. The van der Waals surface area contributed by atoms with Gasteiger partial charge in [0.15, 0.2) is 0 Å². The van der Waals surface area contributed by atoms with E-state index in [-0.39, 0.29) is 11.3 Å². The first-order chi connectivity index (χ1) is 8.04. The van der Waals surface area contributed by atoms with Gasteiger partial charge in [0.2, 0.25) is 0 Å². The molecule has 3 nitrogen and oxygen atoms in total. The van der Waals surface area contributed by atoms with E-state index in [1.54, 1.807) is 0 Å². The first kappa shape index (κ1) is 12.1. The van der Waals surface area contributed by atoms with Crippen molar-refractivity contribution in [2.75, 3.05) is 13.1 Å². The quantitative estimate of drug-likeness (QED) is 0.802. The number of hydrogen-bond donors (Lipinski definition) is 0. The normalized spacial score (nSPS) is 15.6. The number of rotatable bonds is 3. The van der Waals surface area contributed by atoms with E-state index in [0.717, 1.165) is 31.6 Å². The largest absolute Gasteiger partial charge is 0.337 e. The predicted molar refractivity (Wildman–Crippen MR) is 68.1 cm³/mol.